The zero-order valence-corrected chi connectivity index (χ0v) is 14.1. The van der Waals surface area contributed by atoms with Crippen molar-refractivity contribution in [2.75, 3.05) is 20.2 Å². The van der Waals surface area contributed by atoms with Gasteiger partial charge in [0.25, 0.3) is 0 Å². The van der Waals surface area contributed by atoms with Crippen molar-refractivity contribution in [3.05, 3.63) is 65.5 Å². The van der Waals surface area contributed by atoms with Crippen molar-refractivity contribution in [1.82, 2.24) is 9.88 Å². The molecule has 25 heavy (non-hydrogen) atoms. The first-order valence-corrected chi connectivity index (χ1v) is 8.48. The highest BCUT2D eigenvalue weighted by atomic mass is 16.5. The lowest BCUT2D eigenvalue weighted by Crippen LogP contribution is -2.19. The van der Waals surface area contributed by atoms with Crippen LogP contribution in [-0.4, -0.2) is 36.1 Å². The molecule has 5 nitrogen and oxygen atoms in total. The molecule has 0 aliphatic carbocycles. The predicted molar refractivity (Wildman–Crippen MR) is 94.4 cm³/mol. The van der Waals surface area contributed by atoms with E-state index in [1.165, 1.54) is 12.7 Å². The third-order valence-electron chi connectivity index (χ3n) is 4.71. The Bertz CT molecular complexity index is 888. The summed E-state index contributed by atoms with van der Waals surface area (Å²) in [4.78, 5) is 18.9. The topological polar surface area (TPSA) is 55.6 Å². The highest BCUT2D eigenvalue weighted by Crippen LogP contribution is 2.31. The van der Waals surface area contributed by atoms with Gasteiger partial charge >= 0.3 is 5.97 Å². The maximum atomic E-state index is 11.9. The van der Waals surface area contributed by atoms with Crippen molar-refractivity contribution in [3.63, 3.8) is 0 Å². The third kappa shape index (κ3) is 3.15. The van der Waals surface area contributed by atoms with Crippen molar-refractivity contribution >= 4 is 17.1 Å². The normalized spacial score (nSPS) is 17.9. The molecular weight excluding hydrogens is 316 g/mol. The molecular formula is C20H20N2O3. The van der Waals surface area contributed by atoms with Crippen molar-refractivity contribution in [1.29, 1.82) is 0 Å². The Labute approximate surface area is 146 Å². The van der Waals surface area contributed by atoms with E-state index in [9.17, 15) is 4.79 Å². The molecule has 1 fully saturated rings. The highest BCUT2D eigenvalue weighted by Gasteiger charge is 2.28. The summed E-state index contributed by atoms with van der Waals surface area (Å²) in [5.74, 6) is 0.564. The van der Waals surface area contributed by atoms with Crippen LogP contribution in [0.5, 0.6) is 0 Å². The summed E-state index contributed by atoms with van der Waals surface area (Å²) in [6.07, 6.45) is 1.01. The average molecular weight is 336 g/mol. The number of carbonyl (C=O) groups excluding carboxylic acids is 1. The van der Waals surface area contributed by atoms with E-state index < -0.39 is 5.97 Å². The smallest absolute Gasteiger partial charge is 0.341 e. The highest BCUT2D eigenvalue weighted by molar-refractivity contribution is 6.00. The molecule has 0 saturated carbocycles. The van der Waals surface area contributed by atoms with Gasteiger partial charge < -0.3 is 9.15 Å². The van der Waals surface area contributed by atoms with E-state index in [0.29, 0.717) is 22.6 Å². The van der Waals surface area contributed by atoms with Gasteiger partial charge in [0, 0.05) is 19.0 Å². The van der Waals surface area contributed by atoms with Gasteiger partial charge in [-0.3, -0.25) is 4.90 Å². The molecule has 1 atom stereocenters. The Morgan fingerprint density at radius 1 is 1.24 bits per heavy atom. The predicted octanol–water partition coefficient (Wildman–Crippen LogP) is 3.60. The van der Waals surface area contributed by atoms with E-state index in [1.54, 1.807) is 12.1 Å². The Morgan fingerprint density at radius 2 is 2.08 bits per heavy atom. The fourth-order valence-corrected chi connectivity index (χ4v) is 3.43. The molecule has 0 unspecified atom stereocenters. The number of benzene rings is 2. The van der Waals surface area contributed by atoms with Gasteiger partial charge in [0.15, 0.2) is 11.5 Å². The summed E-state index contributed by atoms with van der Waals surface area (Å²) < 4.78 is 10.8. The largest absolute Gasteiger partial charge is 0.465 e. The third-order valence-corrected chi connectivity index (χ3v) is 4.71. The number of nitrogens with zero attached hydrogens (tertiary/aromatic N) is 2. The minimum Gasteiger partial charge on any atom is -0.465 e. The Hall–Kier alpha value is -2.66. The zero-order valence-electron chi connectivity index (χ0n) is 14.1. The van der Waals surface area contributed by atoms with E-state index in [4.69, 9.17) is 9.15 Å². The first kappa shape index (κ1) is 15.8. The van der Waals surface area contributed by atoms with Gasteiger partial charge in [-0.1, -0.05) is 36.4 Å². The number of methoxy groups -OCH3 is 1. The summed E-state index contributed by atoms with van der Waals surface area (Å²) in [5, 5.41) is 0. The molecule has 0 spiro atoms. The van der Waals surface area contributed by atoms with Crippen LogP contribution in [0.3, 0.4) is 0 Å². The van der Waals surface area contributed by atoms with Gasteiger partial charge in [-0.15, -0.1) is 0 Å². The van der Waals surface area contributed by atoms with Crippen molar-refractivity contribution in [3.8, 4) is 0 Å². The van der Waals surface area contributed by atoms with Crippen LogP contribution in [0.25, 0.3) is 11.1 Å². The van der Waals surface area contributed by atoms with Crippen molar-refractivity contribution < 1.29 is 13.9 Å². The minimum absolute atomic E-state index is 0.251. The Kier molecular flexibility index (Phi) is 4.24. The van der Waals surface area contributed by atoms with E-state index in [-0.39, 0.29) is 5.92 Å². The minimum atomic E-state index is -0.398. The maximum Gasteiger partial charge on any atom is 0.341 e. The molecule has 2 heterocycles. The van der Waals surface area contributed by atoms with Gasteiger partial charge in [0.05, 0.1) is 7.11 Å². The molecule has 128 valence electrons. The molecule has 0 amide bonds. The molecule has 1 saturated heterocycles. The zero-order chi connectivity index (χ0) is 17.2. The SMILES string of the molecule is COC(=O)c1cccc2nc([C@@H]3CCN(Cc4ccccc4)C3)oc12. The number of fused-ring (bicyclic) bond motifs is 1. The fourth-order valence-electron chi connectivity index (χ4n) is 3.43. The van der Waals surface area contributed by atoms with Crippen LogP contribution in [0.2, 0.25) is 0 Å². The lowest BCUT2D eigenvalue weighted by molar-refractivity contribution is 0.0601. The molecule has 4 rings (SSSR count). The number of aromatic nitrogens is 1. The first-order valence-electron chi connectivity index (χ1n) is 8.48. The van der Waals surface area contributed by atoms with E-state index >= 15 is 0 Å². The van der Waals surface area contributed by atoms with Crippen LogP contribution in [0, 0.1) is 0 Å². The molecule has 1 aliphatic heterocycles. The fraction of sp³-hybridized carbons (Fsp3) is 0.300. The van der Waals surface area contributed by atoms with Crippen LogP contribution >= 0.6 is 0 Å². The molecule has 0 bridgehead atoms. The van der Waals surface area contributed by atoms with Crippen LogP contribution in [0.4, 0.5) is 0 Å². The second kappa shape index (κ2) is 6.69. The molecule has 3 aromatic rings. The van der Waals surface area contributed by atoms with Gasteiger partial charge in [-0.25, -0.2) is 9.78 Å². The number of para-hydroxylation sites is 1. The number of ether oxygens (including phenoxy) is 1. The quantitative estimate of drug-likeness (QED) is 0.681. The first-order chi connectivity index (χ1) is 12.2. The molecule has 0 N–H and O–H groups in total. The number of hydrogen-bond acceptors (Lipinski definition) is 5. The second-order valence-corrected chi connectivity index (χ2v) is 6.40. The van der Waals surface area contributed by atoms with Gasteiger partial charge in [-0.05, 0) is 30.7 Å². The lowest BCUT2D eigenvalue weighted by atomic mass is 10.1. The second-order valence-electron chi connectivity index (χ2n) is 6.40. The summed E-state index contributed by atoms with van der Waals surface area (Å²) in [5.41, 5.74) is 2.97. The summed E-state index contributed by atoms with van der Waals surface area (Å²) in [6.45, 7) is 2.86. The Morgan fingerprint density at radius 3 is 2.88 bits per heavy atom. The number of esters is 1. The van der Waals surface area contributed by atoms with Gasteiger partial charge in [-0.2, -0.15) is 0 Å². The van der Waals surface area contributed by atoms with Crippen LogP contribution < -0.4 is 0 Å². The van der Waals surface area contributed by atoms with Crippen molar-refractivity contribution in [2.24, 2.45) is 0 Å². The van der Waals surface area contributed by atoms with Crippen LogP contribution in [-0.2, 0) is 11.3 Å². The summed E-state index contributed by atoms with van der Waals surface area (Å²) >= 11 is 0. The van der Waals surface area contributed by atoms with Crippen molar-refractivity contribution in [2.45, 2.75) is 18.9 Å². The van der Waals surface area contributed by atoms with Gasteiger partial charge in [0.1, 0.15) is 11.1 Å². The van der Waals surface area contributed by atoms with E-state index in [1.807, 2.05) is 12.1 Å². The number of hydrogen-bond donors (Lipinski definition) is 0. The number of carbonyl (C=O) groups is 1. The van der Waals surface area contributed by atoms with E-state index in [2.05, 4.69) is 34.1 Å². The monoisotopic (exact) mass is 336 g/mol. The number of oxazole rings is 1. The van der Waals surface area contributed by atoms with Gasteiger partial charge in [0.2, 0.25) is 0 Å². The van der Waals surface area contributed by atoms with E-state index in [0.717, 1.165) is 26.1 Å². The molecule has 1 aliphatic rings. The molecule has 0 radical (unpaired) electrons. The number of rotatable bonds is 4. The molecule has 2 aromatic carbocycles. The Balaban J connectivity index is 1.54. The average Bonchev–Trinajstić information content (AvgIpc) is 3.28. The van der Waals surface area contributed by atoms with Crippen LogP contribution in [0.1, 0.15) is 34.2 Å². The molecule has 1 aromatic heterocycles. The lowest BCUT2D eigenvalue weighted by Gasteiger charge is -2.15. The maximum absolute atomic E-state index is 11.9. The molecule has 5 heteroatoms. The summed E-state index contributed by atoms with van der Waals surface area (Å²) in [6, 6.07) is 15.8. The number of likely N-dealkylation sites (tertiary alicyclic amines) is 1. The van der Waals surface area contributed by atoms with Crippen LogP contribution in [0.15, 0.2) is 52.9 Å². The summed E-state index contributed by atoms with van der Waals surface area (Å²) in [7, 11) is 1.37. The standard InChI is InChI=1S/C20H20N2O3/c1-24-20(23)16-8-5-9-17-18(16)25-19(21-17)15-10-11-22(13-15)12-14-6-3-2-4-7-14/h2-9,15H,10-13H2,1H3/t15-/m1/s1.